The van der Waals surface area contributed by atoms with Crippen molar-refractivity contribution in [1.82, 2.24) is 0 Å². The van der Waals surface area contributed by atoms with E-state index in [1.165, 1.54) is 121 Å². The van der Waals surface area contributed by atoms with Crippen molar-refractivity contribution in [3.8, 4) is 0 Å². The lowest BCUT2D eigenvalue weighted by atomic mass is 9.89. The molecule has 0 heterocycles. The largest absolute Gasteiger partial charge is 0.310 e. The lowest BCUT2D eigenvalue weighted by Gasteiger charge is -2.33. The number of benzene rings is 15. The number of hydrogen-bond donors (Lipinski definition) is 0. The van der Waals surface area contributed by atoms with Gasteiger partial charge in [-0.3, -0.25) is 0 Å². The fraction of sp³-hybridized carbons (Fsp3) is 0.167. The smallest absolute Gasteiger partial charge is 0.0619 e. The Bertz CT molecular complexity index is 5010. The van der Waals surface area contributed by atoms with Gasteiger partial charge in [-0.1, -0.05) is 249 Å². The molecule has 0 amide bonds. The van der Waals surface area contributed by atoms with E-state index in [0.29, 0.717) is 23.7 Å². The highest BCUT2D eigenvalue weighted by Crippen LogP contribution is 2.53. The van der Waals surface area contributed by atoms with Gasteiger partial charge in [-0.05, 0) is 228 Å². The highest BCUT2D eigenvalue weighted by Gasteiger charge is 2.27. The molecule has 4 heteroatoms. The lowest BCUT2D eigenvalue weighted by molar-refractivity contribution is 0.866. The quantitative estimate of drug-likeness (QED) is 0.0543. The molecule has 0 fully saturated rings. The fourth-order valence-electron chi connectivity index (χ4n) is 14.5. The van der Waals surface area contributed by atoms with Gasteiger partial charge < -0.3 is 19.6 Å². The number of hydrogen-bond acceptors (Lipinski definition) is 4. The van der Waals surface area contributed by atoms with Crippen LogP contribution in [0.3, 0.4) is 0 Å². The molecule has 494 valence electrons. The number of fused-ring (bicyclic) bond motifs is 7. The topological polar surface area (TPSA) is 13.0 Å². The van der Waals surface area contributed by atoms with Gasteiger partial charge in [-0.2, -0.15) is 0 Å². The second-order valence-electron chi connectivity index (χ2n) is 28.4. The second kappa shape index (κ2) is 28.3. The van der Waals surface area contributed by atoms with Crippen molar-refractivity contribution in [2.45, 2.75) is 107 Å². The maximum Gasteiger partial charge on any atom is 0.0619 e. The molecule has 15 aromatic rings. The second-order valence-corrected chi connectivity index (χ2v) is 28.4. The highest BCUT2D eigenvalue weighted by atomic mass is 15.2. The van der Waals surface area contributed by atoms with Gasteiger partial charge >= 0.3 is 0 Å². The Morgan fingerprint density at radius 3 is 0.770 bits per heavy atom. The molecular weight excluding hydrogens is 1210 g/mol. The van der Waals surface area contributed by atoms with Crippen molar-refractivity contribution in [2.75, 3.05) is 19.6 Å². The van der Waals surface area contributed by atoms with Gasteiger partial charge in [0.25, 0.3) is 0 Å². The van der Waals surface area contributed by atoms with Crippen molar-refractivity contribution in [3.05, 3.63) is 348 Å². The first-order chi connectivity index (χ1) is 48.6. The number of para-hydroxylation sites is 2. The average Bonchev–Trinajstić information content (AvgIpc) is 0.728. The molecule has 0 atom stereocenters. The molecule has 0 radical (unpaired) electrons. The van der Waals surface area contributed by atoms with E-state index in [4.69, 9.17) is 0 Å². The van der Waals surface area contributed by atoms with Crippen molar-refractivity contribution in [1.29, 1.82) is 0 Å². The van der Waals surface area contributed by atoms with E-state index < -0.39 is 0 Å². The van der Waals surface area contributed by atoms with Crippen molar-refractivity contribution in [2.24, 2.45) is 0 Å². The molecule has 0 aliphatic carbocycles. The Kier molecular flexibility index (Phi) is 18.7. The van der Waals surface area contributed by atoms with Gasteiger partial charge in [0.2, 0.25) is 0 Å². The van der Waals surface area contributed by atoms with Crippen molar-refractivity contribution >= 4 is 122 Å². The van der Waals surface area contributed by atoms with E-state index in [0.717, 1.165) is 45.5 Å². The highest BCUT2D eigenvalue weighted by molar-refractivity contribution is 6.26. The first-order valence-corrected chi connectivity index (χ1v) is 35.7. The van der Waals surface area contributed by atoms with Gasteiger partial charge in [-0.15, -0.1) is 0 Å². The van der Waals surface area contributed by atoms with E-state index in [1.807, 2.05) is 0 Å². The summed E-state index contributed by atoms with van der Waals surface area (Å²) in [6.45, 7) is 26.9. The summed E-state index contributed by atoms with van der Waals surface area (Å²) in [5.41, 5.74) is 24.2. The minimum atomic E-state index is 0.388. The third-order valence-electron chi connectivity index (χ3n) is 20.0. The Morgan fingerprint density at radius 2 is 0.460 bits per heavy atom. The van der Waals surface area contributed by atoms with Gasteiger partial charge in [-0.25, -0.2) is 0 Å². The minimum absolute atomic E-state index is 0.388. The Hall–Kier alpha value is -11.2. The van der Waals surface area contributed by atoms with Crippen LogP contribution < -0.4 is 19.6 Å². The van der Waals surface area contributed by atoms with Crippen LogP contribution in [0.4, 0.5) is 68.2 Å². The summed E-state index contributed by atoms with van der Waals surface area (Å²) in [5.74, 6) is 1.69. The van der Waals surface area contributed by atoms with Crippen LogP contribution in [0.1, 0.15) is 124 Å². The Balaban J connectivity index is 0.000000179. The van der Waals surface area contributed by atoms with Crippen LogP contribution in [0.25, 0.3) is 53.9 Å². The first-order valence-electron chi connectivity index (χ1n) is 35.7. The van der Waals surface area contributed by atoms with Gasteiger partial charge in [0.05, 0.1) is 22.7 Å². The van der Waals surface area contributed by atoms with Crippen LogP contribution in [0, 0.1) is 27.7 Å². The number of nitrogens with zero attached hydrogens (tertiary/aromatic N) is 4. The van der Waals surface area contributed by atoms with Crippen LogP contribution in [0.15, 0.2) is 303 Å². The number of aryl methyl sites for hydroxylation is 4. The van der Waals surface area contributed by atoms with E-state index >= 15 is 0 Å². The first kappa shape index (κ1) is 66.1. The summed E-state index contributed by atoms with van der Waals surface area (Å²) in [6, 6.07) is 112. The fourth-order valence-corrected chi connectivity index (χ4v) is 14.5. The molecule has 100 heavy (non-hydrogen) atoms. The zero-order valence-corrected chi connectivity index (χ0v) is 60.0. The van der Waals surface area contributed by atoms with Crippen LogP contribution in [-0.2, 0) is 0 Å². The number of rotatable bonds is 16. The molecular formula is C96H90N4. The maximum absolute atomic E-state index is 2.48. The molecule has 15 rings (SSSR count). The molecule has 0 spiro atoms. The molecule has 0 aliphatic rings. The predicted molar refractivity (Wildman–Crippen MR) is 434 cm³/mol. The van der Waals surface area contributed by atoms with Crippen LogP contribution in [0.2, 0.25) is 0 Å². The zero-order valence-electron chi connectivity index (χ0n) is 60.0. The standard InChI is InChI=1S/C56H58N2.C40H32N2/c1-35(2)41-15-25-47(26-16-41)57(45-21-11-39(9)12-22-45)55-33-51-50-30-20-44(38(7)8)32-54(50)56(34-52(51)49-29-19-43(37(5)6)31-53(49)55)58(46-23-13-40(10)14-24-46)48-27-17-42(18-28-48)36(3)4;1-29-15-13-21-33(27-29)41(31-17-5-3-6-18-31)39-35-23-9-11-25-37(35)40(38-26-12-10-24-36(38)39)42(32-19-7-4-8-20-32)34-22-14-16-30(2)28-34/h11-38H,1-10H3;3-28H,1-2H3. The molecule has 0 aliphatic heterocycles. The van der Waals surface area contributed by atoms with E-state index in [9.17, 15) is 0 Å². The average molecular weight is 1300 g/mol. The third kappa shape index (κ3) is 13.1. The van der Waals surface area contributed by atoms with Crippen LogP contribution in [0.5, 0.6) is 0 Å². The molecule has 0 saturated heterocycles. The van der Waals surface area contributed by atoms with Crippen LogP contribution >= 0.6 is 0 Å². The molecule has 0 bridgehead atoms. The summed E-state index contributed by atoms with van der Waals surface area (Å²) in [6.07, 6.45) is 0. The number of anilines is 12. The summed E-state index contributed by atoms with van der Waals surface area (Å²) in [4.78, 5) is 9.79. The normalized spacial score (nSPS) is 11.6. The molecule has 0 saturated carbocycles. The summed E-state index contributed by atoms with van der Waals surface area (Å²) in [5, 5.41) is 12.3. The van der Waals surface area contributed by atoms with Gasteiger partial charge in [0.15, 0.2) is 0 Å². The predicted octanol–water partition coefficient (Wildman–Crippen LogP) is 28.7. The van der Waals surface area contributed by atoms with Gasteiger partial charge in [0.1, 0.15) is 0 Å². The maximum atomic E-state index is 2.48. The SMILES string of the molecule is Cc1ccc(N(c2ccc(C(C)C)cc2)c2cc3c4ccc(C(C)C)cc4c(N(c4ccc(C)cc4)c4ccc(C(C)C)cc4)cc3c3ccc(C(C)C)cc23)cc1.Cc1cccc(N(c2ccccc2)c2c3ccccc3c(N(c3ccccc3)c3cccc(C)c3)c3ccccc23)c1. The Labute approximate surface area is 592 Å². The lowest BCUT2D eigenvalue weighted by Crippen LogP contribution is -2.14. The van der Waals surface area contributed by atoms with E-state index in [-0.39, 0.29) is 0 Å². The van der Waals surface area contributed by atoms with E-state index in [2.05, 4.69) is 406 Å². The summed E-state index contributed by atoms with van der Waals surface area (Å²) < 4.78 is 0. The van der Waals surface area contributed by atoms with Crippen molar-refractivity contribution < 1.29 is 0 Å². The summed E-state index contributed by atoms with van der Waals surface area (Å²) in [7, 11) is 0. The molecule has 0 aromatic heterocycles. The minimum Gasteiger partial charge on any atom is -0.310 e. The Morgan fingerprint density at radius 1 is 0.180 bits per heavy atom. The molecule has 0 unspecified atom stereocenters. The monoisotopic (exact) mass is 1300 g/mol. The van der Waals surface area contributed by atoms with Crippen molar-refractivity contribution in [3.63, 3.8) is 0 Å². The van der Waals surface area contributed by atoms with Gasteiger partial charge in [0, 0.05) is 77.8 Å². The van der Waals surface area contributed by atoms with Crippen LogP contribution in [-0.4, -0.2) is 0 Å². The zero-order chi connectivity index (χ0) is 69.3. The van der Waals surface area contributed by atoms with E-state index in [1.54, 1.807) is 0 Å². The third-order valence-corrected chi connectivity index (χ3v) is 20.0. The molecule has 0 N–H and O–H groups in total. The summed E-state index contributed by atoms with van der Waals surface area (Å²) >= 11 is 0. The molecule has 15 aromatic carbocycles. The molecule has 4 nitrogen and oxygen atoms in total.